The van der Waals surface area contributed by atoms with Gasteiger partial charge in [-0.3, -0.25) is 14.4 Å². The van der Waals surface area contributed by atoms with Crippen molar-refractivity contribution in [2.75, 3.05) is 25.5 Å². The molecule has 164 valence electrons. The first-order valence-electron chi connectivity index (χ1n) is 10.7. The summed E-state index contributed by atoms with van der Waals surface area (Å²) in [6.07, 6.45) is 2.54. The number of ether oxygens (including phenoxy) is 2. The Labute approximate surface area is 177 Å². The van der Waals surface area contributed by atoms with Crippen molar-refractivity contribution in [1.82, 2.24) is 10.2 Å². The smallest absolute Gasteiger partial charge is 0.257 e. The third kappa shape index (κ3) is 5.11. The van der Waals surface area contributed by atoms with Crippen LogP contribution < -0.4 is 15.4 Å². The molecule has 2 heterocycles. The monoisotopic (exact) mass is 417 g/mol. The molecule has 8 nitrogen and oxygen atoms in total. The van der Waals surface area contributed by atoms with Crippen molar-refractivity contribution in [3.63, 3.8) is 0 Å². The number of hydrogen-bond acceptors (Lipinski definition) is 5. The zero-order chi connectivity index (χ0) is 21.7. The predicted molar refractivity (Wildman–Crippen MR) is 113 cm³/mol. The molecule has 2 N–H and O–H groups in total. The summed E-state index contributed by atoms with van der Waals surface area (Å²) in [4.78, 5) is 38.6. The summed E-state index contributed by atoms with van der Waals surface area (Å²) in [5.74, 6) is 0.169. The second-order valence-corrected chi connectivity index (χ2v) is 7.84. The number of anilines is 1. The maximum atomic E-state index is 13.1. The molecule has 2 aliphatic heterocycles. The van der Waals surface area contributed by atoms with E-state index in [1.165, 1.54) is 0 Å². The minimum absolute atomic E-state index is 0.0107. The van der Waals surface area contributed by atoms with Gasteiger partial charge in [-0.1, -0.05) is 13.8 Å². The first-order valence-corrected chi connectivity index (χ1v) is 10.7. The van der Waals surface area contributed by atoms with Crippen LogP contribution in [0.15, 0.2) is 18.2 Å². The SMILES string of the molecule is CCCNC(=O)C[C@@H]1CC[C@@H]2[C@H](COc3ccc(NC(=O)CC)cc3C(=O)N2C)O1. The van der Waals surface area contributed by atoms with Crippen molar-refractivity contribution in [2.24, 2.45) is 0 Å². The number of benzene rings is 1. The Bertz CT molecular complexity index is 797. The van der Waals surface area contributed by atoms with Crippen LogP contribution >= 0.6 is 0 Å². The largest absolute Gasteiger partial charge is 0.490 e. The summed E-state index contributed by atoms with van der Waals surface area (Å²) in [5.41, 5.74) is 0.993. The Morgan fingerprint density at radius 2 is 2.00 bits per heavy atom. The second kappa shape index (κ2) is 9.93. The molecule has 0 unspecified atom stereocenters. The van der Waals surface area contributed by atoms with E-state index in [4.69, 9.17) is 9.47 Å². The lowest BCUT2D eigenvalue weighted by atomic mass is 9.94. The molecule has 0 aliphatic carbocycles. The number of nitrogens with zero attached hydrogens (tertiary/aromatic N) is 1. The van der Waals surface area contributed by atoms with Gasteiger partial charge in [0.05, 0.1) is 24.1 Å². The van der Waals surface area contributed by atoms with Gasteiger partial charge in [0.1, 0.15) is 18.5 Å². The summed E-state index contributed by atoms with van der Waals surface area (Å²) in [5, 5.41) is 5.66. The molecule has 0 spiro atoms. The topological polar surface area (TPSA) is 97.0 Å². The summed E-state index contributed by atoms with van der Waals surface area (Å²) >= 11 is 0. The Morgan fingerprint density at radius 3 is 2.73 bits per heavy atom. The number of hydrogen-bond donors (Lipinski definition) is 2. The van der Waals surface area contributed by atoms with Crippen LogP contribution in [0.25, 0.3) is 0 Å². The molecule has 3 amide bonds. The quantitative estimate of drug-likeness (QED) is 0.741. The van der Waals surface area contributed by atoms with Crippen molar-refractivity contribution in [2.45, 2.75) is 64.2 Å². The molecule has 2 aliphatic rings. The van der Waals surface area contributed by atoms with Crippen molar-refractivity contribution >= 4 is 23.4 Å². The molecular weight excluding hydrogens is 386 g/mol. The highest BCUT2D eigenvalue weighted by Gasteiger charge is 2.39. The van der Waals surface area contributed by atoms with E-state index < -0.39 is 0 Å². The first-order chi connectivity index (χ1) is 14.4. The molecule has 0 bridgehead atoms. The van der Waals surface area contributed by atoms with Crippen LogP contribution in [-0.2, 0) is 14.3 Å². The fourth-order valence-electron chi connectivity index (χ4n) is 3.90. The Balaban J connectivity index is 1.72. The van der Waals surface area contributed by atoms with Crippen molar-refractivity contribution in [1.29, 1.82) is 0 Å². The first kappa shape index (κ1) is 22.1. The number of carbonyl (C=O) groups excluding carboxylic acids is 3. The zero-order valence-electron chi connectivity index (χ0n) is 17.9. The molecule has 0 saturated carbocycles. The van der Waals surface area contributed by atoms with Crippen LogP contribution in [0.5, 0.6) is 5.75 Å². The van der Waals surface area contributed by atoms with Crippen LogP contribution in [0.2, 0.25) is 0 Å². The van der Waals surface area contributed by atoms with Gasteiger partial charge in [-0.15, -0.1) is 0 Å². The van der Waals surface area contributed by atoms with Crippen molar-refractivity contribution in [3.05, 3.63) is 23.8 Å². The lowest BCUT2D eigenvalue weighted by Gasteiger charge is -2.42. The Hall–Kier alpha value is -2.61. The third-order valence-corrected chi connectivity index (χ3v) is 5.60. The van der Waals surface area contributed by atoms with Crippen LogP contribution in [0.4, 0.5) is 5.69 Å². The predicted octanol–water partition coefficient (Wildman–Crippen LogP) is 2.33. The van der Waals surface area contributed by atoms with Gasteiger partial charge in [0.15, 0.2) is 0 Å². The molecule has 3 rings (SSSR count). The molecule has 0 radical (unpaired) electrons. The molecular formula is C22H31N3O5. The third-order valence-electron chi connectivity index (χ3n) is 5.60. The number of amides is 3. The number of fused-ring (bicyclic) bond motifs is 2. The normalized spacial score (nSPS) is 23.4. The molecule has 30 heavy (non-hydrogen) atoms. The highest BCUT2D eigenvalue weighted by atomic mass is 16.5. The number of nitrogens with one attached hydrogen (secondary N) is 2. The van der Waals surface area contributed by atoms with Gasteiger partial charge in [0.2, 0.25) is 11.8 Å². The fraction of sp³-hybridized carbons (Fsp3) is 0.591. The van der Waals surface area contributed by atoms with E-state index in [-0.39, 0.29) is 36.0 Å². The lowest BCUT2D eigenvalue weighted by molar-refractivity contribution is -0.134. The average molecular weight is 418 g/mol. The standard InChI is InChI=1S/C22H31N3O5/c1-4-10-23-21(27)12-15-7-8-17-19(30-15)13-29-18-9-6-14(24-20(26)5-2)11-16(18)22(28)25(17)3/h6,9,11,15,17,19H,4-5,7-8,10,12-13H2,1-3H3,(H,23,27)(H,24,26)/t15-,17+,19-/m0/s1. The molecule has 1 fully saturated rings. The van der Waals surface area contributed by atoms with E-state index in [0.29, 0.717) is 49.4 Å². The van der Waals surface area contributed by atoms with Crippen LogP contribution in [0.3, 0.4) is 0 Å². The molecule has 8 heteroatoms. The summed E-state index contributed by atoms with van der Waals surface area (Å²) in [6, 6.07) is 4.95. The average Bonchev–Trinajstić information content (AvgIpc) is 2.75. The van der Waals surface area contributed by atoms with E-state index in [2.05, 4.69) is 10.6 Å². The van der Waals surface area contributed by atoms with E-state index >= 15 is 0 Å². The van der Waals surface area contributed by atoms with Gasteiger partial charge in [-0.25, -0.2) is 0 Å². The van der Waals surface area contributed by atoms with Crippen molar-refractivity contribution < 1.29 is 23.9 Å². The van der Waals surface area contributed by atoms with E-state index in [1.807, 2.05) is 6.92 Å². The maximum absolute atomic E-state index is 13.1. The highest BCUT2D eigenvalue weighted by molar-refractivity contribution is 5.99. The second-order valence-electron chi connectivity index (χ2n) is 7.84. The van der Waals surface area contributed by atoms with Gasteiger partial charge >= 0.3 is 0 Å². The Morgan fingerprint density at radius 1 is 1.20 bits per heavy atom. The number of rotatable bonds is 6. The van der Waals surface area contributed by atoms with Gasteiger partial charge in [-0.05, 0) is 37.5 Å². The summed E-state index contributed by atoms with van der Waals surface area (Å²) in [7, 11) is 1.77. The van der Waals surface area contributed by atoms with E-state index in [0.717, 1.165) is 12.8 Å². The van der Waals surface area contributed by atoms with Gasteiger partial charge in [-0.2, -0.15) is 0 Å². The number of carbonyl (C=O) groups is 3. The molecule has 1 aromatic rings. The van der Waals surface area contributed by atoms with Crippen molar-refractivity contribution in [3.8, 4) is 5.75 Å². The van der Waals surface area contributed by atoms with Gasteiger partial charge in [0.25, 0.3) is 5.91 Å². The Kier molecular flexibility index (Phi) is 7.31. The minimum atomic E-state index is -0.302. The van der Waals surface area contributed by atoms with E-state index in [9.17, 15) is 14.4 Å². The summed E-state index contributed by atoms with van der Waals surface area (Å²) < 4.78 is 12.1. The van der Waals surface area contributed by atoms with Crippen LogP contribution in [-0.4, -0.2) is 61.1 Å². The molecule has 1 saturated heterocycles. The maximum Gasteiger partial charge on any atom is 0.257 e. The molecule has 0 aromatic heterocycles. The van der Waals surface area contributed by atoms with E-state index in [1.54, 1.807) is 37.1 Å². The minimum Gasteiger partial charge on any atom is -0.490 e. The molecule has 1 aromatic carbocycles. The highest BCUT2D eigenvalue weighted by Crippen LogP contribution is 2.32. The van der Waals surface area contributed by atoms with Crippen LogP contribution in [0.1, 0.15) is 56.3 Å². The summed E-state index contributed by atoms with van der Waals surface area (Å²) in [6.45, 7) is 4.74. The zero-order valence-corrected chi connectivity index (χ0v) is 17.9. The molecule has 3 atom stereocenters. The fourth-order valence-corrected chi connectivity index (χ4v) is 3.90. The lowest BCUT2D eigenvalue weighted by Crippen LogP contribution is -2.54. The number of likely N-dealkylation sites (N-methyl/N-ethyl adjacent to an activating group) is 1. The van der Waals surface area contributed by atoms with Crippen LogP contribution in [0, 0.1) is 0 Å². The van der Waals surface area contributed by atoms with Gasteiger partial charge < -0.3 is 25.0 Å². The van der Waals surface area contributed by atoms with Gasteiger partial charge in [0, 0.05) is 25.7 Å².